The fourth-order valence-electron chi connectivity index (χ4n) is 1.48. The number of nitrogens with zero attached hydrogens (tertiary/aromatic N) is 1. The Morgan fingerprint density at radius 3 is 2.41 bits per heavy atom. The highest BCUT2D eigenvalue weighted by molar-refractivity contribution is 14.1. The van der Waals surface area contributed by atoms with E-state index in [-0.39, 0.29) is 5.56 Å². The smallest absolute Gasteiger partial charge is 0.268 e. The third-order valence-electron chi connectivity index (χ3n) is 2.27. The molecular formula is C12H7ClINO2. The number of hydrogen-bond acceptors (Lipinski definition) is 2. The average Bonchev–Trinajstić information content (AvgIpc) is 2.30. The van der Waals surface area contributed by atoms with Gasteiger partial charge in [0.1, 0.15) is 5.56 Å². The molecule has 17 heavy (non-hydrogen) atoms. The molecule has 0 bridgehead atoms. The van der Waals surface area contributed by atoms with Crippen LogP contribution in [0.25, 0.3) is 5.69 Å². The molecule has 0 fully saturated rings. The van der Waals surface area contributed by atoms with Gasteiger partial charge in [0.2, 0.25) is 0 Å². The van der Waals surface area contributed by atoms with Crippen LogP contribution in [-0.4, -0.2) is 9.81 Å². The van der Waals surface area contributed by atoms with E-state index in [0.717, 1.165) is 0 Å². The van der Waals surface area contributed by atoms with E-state index in [2.05, 4.69) is 0 Å². The van der Waals surface area contributed by atoms with Crippen LogP contribution in [0.15, 0.2) is 47.4 Å². The molecule has 0 amide bonds. The van der Waals surface area contributed by atoms with Crippen molar-refractivity contribution >= 4 is 39.4 Å². The first-order valence-electron chi connectivity index (χ1n) is 4.77. The van der Waals surface area contributed by atoms with Crippen LogP contribution >= 0.6 is 34.2 Å². The van der Waals surface area contributed by atoms with Crippen LogP contribution in [0.2, 0.25) is 0 Å². The number of pyridine rings is 1. The van der Waals surface area contributed by atoms with Gasteiger partial charge >= 0.3 is 0 Å². The van der Waals surface area contributed by atoms with E-state index in [1.807, 2.05) is 40.8 Å². The Balaban J connectivity index is 2.71. The molecule has 0 N–H and O–H groups in total. The second-order valence-corrected chi connectivity index (χ2v) is 4.83. The summed E-state index contributed by atoms with van der Waals surface area (Å²) in [4.78, 5) is 23.3. The van der Waals surface area contributed by atoms with Crippen molar-refractivity contribution in [3.8, 4) is 5.69 Å². The lowest BCUT2D eigenvalue weighted by molar-refractivity contribution is 0.107. The lowest BCUT2D eigenvalue weighted by atomic mass is 10.2. The first-order valence-corrected chi connectivity index (χ1v) is 6.23. The third-order valence-corrected chi connectivity index (χ3v) is 3.36. The minimum Gasteiger partial charge on any atom is -0.284 e. The zero-order valence-electron chi connectivity index (χ0n) is 8.56. The quantitative estimate of drug-likeness (QED) is 0.611. The largest absolute Gasteiger partial charge is 0.284 e. The lowest BCUT2D eigenvalue weighted by Crippen LogP contribution is -2.24. The standard InChI is InChI=1S/C12H7ClINO2/c13-11(16)10-9(14)6-7-15(12(10)17)8-4-2-1-3-5-8/h1-7H. The van der Waals surface area contributed by atoms with Gasteiger partial charge in [-0.1, -0.05) is 18.2 Å². The second kappa shape index (κ2) is 5.01. The number of para-hydroxylation sites is 1. The van der Waals surface area contributed by atoms with Crippen molar-refractivity contribution in [3.05, 3.63) is 62.1 Å². The molecule has 0 radical (unpaired) electrons. The van der Waals surface area contributed by atoms with Crippen molar-refractivity contribution in [1.82, 2.24) is 4.57 Å². The van der Waals surface area contributed by atoms with E-state index >= 15 is 0 Å². The highest BCUT2D eigenvalue weighted by atomic mass is 127. The zero-order valence-corrected chi connectivity index (χ0v) is 11.5. The summed E-state index contributed by atoms with van der Waals surface area (Å²) in [5, 5.41) is -0.732. The van der Waals surface area contributed by atoms with Gasteiger partial charge in [-0.05, 0) is 52.4 Å². The molecule has 2 rings (SSSR count). The van der Waals surface area contributed by atoms with E-state index in [1.165, 1.54) is 4.57 Å². The van der Waals surface area contributed by atoms with Crippen LogP contribution in [0.5, 0.6) is 0 Å². The number of carbonyl (C=O) groups excluding carboxylic acids is 1. The minimum atomic E-state index is -0.732. The van der Waals surface area contributed by atoms with E-state index in [0.29, 0.717) is 9.26 Å². The maximum Gasteiger partial charge on any atom is 0.268 e. The fraction of sp³-hybridized carbons (Fsp3) is 0. The lowest BCUT2D eigenvalue weighted by Gasteiger charge is -2.07. The van der Waals surface area contributed by atoms with Gasteiger partial charge < -0.3 is 0 Å². The van der Waals surface area contributed by atoms with Gasteiger partial charge in [0.15, 0.2) is 0 Å². The fourth-order valence-corrected chi connectivity index (χ4v) is 2.46. The zero-order chi connectivity index (χ0) is 12.4. The molecule has 0 aliphatic heterocycles. The van der Waals surface area contributed by atoms with Gasteiger partial charge in [0, 0.05) is 15.5 Å². The Hall–Kier alpha value is -1.14. The average molecular weight is 360 g/mol. The molecule has 0 saturated carbocycles. The summed E-state index contributed by atoms with van der Waals surface area (Å²) >= 11 is 7.33. The van der Waals surface area contributed by atoms with Crippen LogP contribution in [-0.2, 0) is 0 Å². The number of rotatable bonds is 2. The van der Waals surface area contributed by atoms with Crippen molar-refractivity contribution < 1.29 is 4.79 Å². The molecular weight excluding hydrogens is 352 g/mol. The molecule has 0 aliphatic carbocycles. The van der Waals surface area contributed by atoms with Crippen molar-refractivity contribution in [1.29, 1.82) is 0 Å². The summed E-state index contributed by atoms with van der Waals surface area (Å²) in [5.41, 5.74) is 0.315. The molecule has 86 valence electrons. The van der Waals surface area contributed by atoms with Crippen LogP contribution in [0.3, 0.4) is 0 Å². The van der Waals surface area contributed by atoms with Gasteiger partial charge in [-0.15, -0.1) is 0 Å². The highest BCUT2D eigenvalue weighted by Gasteiger charge is 2.14. The first-order chi connectivity index (χ1) is 8.11. The second-order valence-electron chi connectivity index (χ2n) is 3.32. The van der Waals surface area contributed by atoms with E-state index in [9.17, 15) is 9.59 Å². The van der Waals surface area contributed by atoms with Crippen molar-refractivity contribution in [2.24, 2.45) is 0 Å². The Labute approximate surface area is 116 Å². The van der Waals surface area contributed by atoms with Crippen molar-refractivity contribution in [2.75, 3.05) is 0 Å². The topological polar surface area (TPSA) is 39.1 Å². The molecule has 0 spiro atoms. The highest BCUT2D eigenvalue weighted by Crippen LogP contribution is 2.12. The van der Waals surface area contributed by atoms with E-state index < -0.39 is 10.8 Å². The maximum absolute atomic E-state index is 12.1. The summed E-state index contributed by atoms with van der Waals surface area (Å²) in [6.45, 7) is 0. The summed E-state index contributed by atoms with van der Waals surface area (Å²) in [6.07, 6.45) is 1.63. The molecule has 0 aliphatic rings. The van der Waals surface area contributed by atoms with Crippen molar-refractivity contribution in [2.45, 2.75) is 0 Å². The molecule has 3 nitrogen and oxygen atoms in total. The molecule has 0 atom stereocenters. The first kappa shape index (κ1) is 12.3. The summed E-state index contributed by atoms with van der Waals surface area (Å²) < 4.78 is 1.96. The molecule has 2 aromatic rings. The Morgan fingerprint density at radius 1 is 1.18 bits per heavy atom. The predicted octanol–water partition coefficient (Wildman–Crippen LogP) is 2.82. The SMILES string of the molecule is O=C(Cl)c1c(I)ccn(-c2ccccc2)c1=O. The van der Waals surface area contributed by atoms with Gasteiger partial charge in [-0.25, -0.2) is 0 Å². The summed E-state index contributed by atoms with van der Waals surface area (Å²) in [5.74, 6) is 0. The van der Waals surface area contributed by atoms with Crippen LogP contribution in [0.1, 0.15) is 10.4 Å². The van der Waals surface area contributed by atoms with Crippen molar-refractivity contribution in [3.63, 3.8) is 0 Å². The molecule has 1 aromatic heterocycles. The molecule has 1 heterocycles. The van der Waals surface area contributed by atoms with Crippen LogP contribution in [0.4, 0.5) is 0 Å². The Morgan fingerprint density at radius 2 is 1.82 bits per heavy atom. The predicted molar refractivity (Wildman–Crippen MR) is 74.9 cm³/mol. The number of carbonyl (C=O) groups is 1. The summed E-state index contributed by atoms with van der Waals surface area (Å²) in [7, 11) is 0. The van der Waals surface area contributed by atoms with Gasteiger partial charge in [0.25, 0.3) is 10.8 Å². The molecule has 0 unspecified atom stereocenters. The van der Waals surface area contributed by atoms with E-state index in [4.69, 9.17) is 11.6 Å². The number of aromatic nitrogens is 1. The molecule has 1 aromatic carbocycles. The van der Waals surface area contributed by atoms with Gasteiger partial charge in [0.05, 0.1) is 0 Å². The van der Waals surface area contributed by atoms with E-state index in [1.54, 1.807) is 24.4 Å². The Bertz CT molecular complexity index is 622. The third kappa shape index (κ3) is 2.42. The number of halogens is 2. The summed E-state index contributed by atoms with van der Waals surface area (Å²) in [6, 6.07) is 10.8. The number of benzene rings is 1. The van der Waals surface area contributed by atoms with Gasteiger partial charge in [-0.2, -0.15) is 0 Å². The molecule has 5 heteroatoms. The number of hydrogen-bond donors (Lipinski definition) is 0. The maximum atomic E-state index is 12.1. The Kier molecular flexibility index (Phi) is 3.63. The minimum absolute atomic E-state index is 0.0126. The van der Waals surface area contributed by atoms with Gasteiger partial charge in [-0.3, -0.25) is 14.2 Å². The normalized spacial score (nSPS) is 10.2. The monoisotopic (exact) mass is 359 g/mol. The molecule has 0 saturated heterocycles. The van der Waals surface area contributed by atoms with Crippen LogP contribution < -0.4 is 5.56 Å². The van der Waals surface area contributed by atoms with Crippen LogP contribution in [0, 0.1) is 3.57 Å².